The van der Waals surface area contributed by atoms with Gasteiger partial charge in [0.15, 0.2) is 0 Å². The molecule has 3 heterocycles. The van der Waals surface area contributed by atoms with Gasteiger partial charge in [0.05, 0.1) is 36.8 Å². The third-order valence-electron chi connectivity index (χ3n) is 5.77. The number of allylic oxidation sites excluding steroid dienone is 1. The Morgan fingerprint density at radius 3 is 2.71 bits per heavy atom. The Labute approximate surface area is 179 Å². The van der Waals surface area contributed by atoms with Gasteiger partial charge >= 0.3 is 5.97 Å². The van der Waals surface area contributed by atoms with Gasteiger partial charge < -0.3 is 24.5 Å². The molecule has 8 heteroatoms. The van der Waals surface area contributed by atoms with E-state index in [1.165, 1.54) is 7.11 Å². The predicted molar refractivity (Wildman–Crippen MR) is 111 cm³/mol. The molecule has 0 saturated carbocycles. The first-order chi connectivity index (χ1) is 14.9. The van der Waals surface area contributed by atoms with Gasteiger partial charge in [0, 0.05) is 18.4 Å². The lowest BCUT2D eigenvalue weighted by atomic mass is 9.83. The fraction of sp³-hybridized carbons (Fsp3) is 0.348. The maximum absolute atomic E-state index is 13.6. The highest BCUT2D eigenvalue weighted by Crippen LogP contribution is 2.40. The van der Waals surface area contributed by atoms with Crippen LogP contribution in [0.3, 0.4) is 0 Å². The number of esters is 1. The summed E-state index contributed by atoms with van der Waals surface area (Å²) in [5.74, 6) is -0.870. The van der Waals surface area contributed by atoms with Crippen molar-refractivity contribution in [3.05, 3.63) is 74.5 Å². The van der Waals surface area contributed by atoms with Crippen molar-refractivity contribution >= 4 is 5.97 Å². The molecule has 0 radical (unpaired) electrons. The van der Waals surface area contributed by atoms with Gasteiger partial charge in [-0.05, 0) is 37.5 Å². The van der Waals surface area contributed by atoms with Crippen molar-refractivity contribution < 1.29 is 19.0 Å². The molecule has 1 fully saturated rings. The van der Waals surface area contributed by atoms with E-state index in [1.807, 2.05) is 6.92 Å². The molecular weight excluding hydrogens is 398 g/mol. The number of hydrogen-bond acceptors (Lipinski definition) is 7. The van der Waals surface area contributed by atoms with E-state index >= 15 is 0 Å². The van der Waals surface area contributed by atoms with Gasteiger partial charge in [0.2, 0.25) is 5.88 Å². The molecule has 0 unspecified atom stereocenters. The van der Waals surface area contributed by atoms with Crippen LogP contribution in [0.25, 0.3) is 0 Å². The number of carbonyl (C=O) groups excluding carboxylic acids is 1. The summed E-state index contributed by atoms with van der Waals surface area (Å²) in [4.78, 5) is 25.4. The van der Waals surface area contributed by atoms with Crippen molar-refractivity contribution in [2.24, 2.45) is 5.73 Å². The first-order valence-corrected chi connectivity index (χ1v) is 10.1. The predicted octanol–water partition coefficient (Wildman–Crippen LogP) is 2.34. The molecule has 1 aromatic heterocycles. The number of benzene rings is 1. The summed E-state index contributed by atoms with van der Waals surface area (Å²) in [6.07, 6.45) is 1.85. The molecule has 31 heavy (non-hydrogen) atoms. The van der Waals surface area contributed by atoms with E-state index in [2.05, 4.69) is 6.07 Å². The van der Waals surface area contributed by atoms with Gasteiger partial charge in [-0.1, -0.05) is 12.1 Å². The average Bonchev–Trinajstić information content (AvgIpc) is 3.28. The van der Waals surface area contributed by atoms with Crippen molar-refractivity contribution in [2.75, 3.05) is 13.7 Å². The molecule has 2 atom stereocenters. The zero-order valence-corrected chi connectivity index (χ0v) is 17.4. The second-order valence-corrected chi connectivity index (χ2v) is 7.65. The van der Waals surface area contributed by atoms with Gasteiger partial charge in [0.1, 0.15) is 17.4 Å². The number of hydrogen-bond donors (Lipinski definition) is 1. The van der Waals surface area contributed by atoms with Gasteiger partial charge in [-0.25, -0.2) is 4.79 Å². The summed E-state index contributed by atoms with van der Waals surface area (Å²) in [5, 5.41) is 9.77. The maximum Gasteiger partial charge on any atom is 0.337 e. The lowest BCUT2D eigenvalue weighted by molar-refractivity contribution is 0.0600. The number of aromatic nitrogens is 1. The highest BCUT2D eigenvalue weighted by molar-refractivity contribution is 5.89. The lowest BCUT2D eigenvalue weighted by Crippen LogP contribution is -2.35. The first-order valence-electron chi connectivity index (χ1n) is 10.1. The number of nitrogens with two attached hydrogens (primary N) is 1. The quantitative estimate of drug-likeness (QED) is 0.753. The molecule has 1 aromatic carbocycles. The summed E-state index contributed by atoms with van der Waals surface area (Å²) < 4.78 is 17.8. The minimum absolute atomic E-state index is 0.0206. The van der Waals surface area contributed by atoms with Crippen LogP contribution in [0.5, 0.6) is 5.75 Å². The topological polar surface area (TPSA) is 117 Å². The number of nitriles is 1. The van der Waals surface area contributed by atoms with Crippen molar-refractivity contribution in [3.8, 4) is 11.8 Å². The number of nitrogens with zero attached hydrogens (tertiary/aromatic N) is 2. The summed E-state index contributed by atoms with van der Waals surface area (Å²) >= 11 is 0. The summed E-state index contributed by atoms with van der Waals surface area (Å²) in [5.41, 5.74) is 8.05. The highest BCUT2D eigenvalue weighted by atomic mass is 16.5. The van der Waals surface area contributed by atoms with Crippen LogP contribution in [0, 0.1) is 18.3 Å². The number of fused-ring (bicyclic) bond motifs is 1. The number of aryl methyl sites for hydroxylation is 1. The number of carbonyl (C=O) groups is 1. The zero-order chi connectivity index (χ0) is 22.1. The Hall–Kier alpha value is -3.57. The smallest absolute Gasteiger partial charge is 0.337 e. The third kappa shape index (κ3) is 3.68. The van der Waals surface area contributed by atoms with Gasteiger partial charge in [-0.2, -0.15) is 5.26 Å². The van der Waals surface area contributed by atoms with Gasteiger partial charge in [-0.15, -0.1) is 0 Å². The molecule has 0 spiro atoms. The van der Waals surface area contributed by atoms with E-state index in [1.54, 1.807) is 34.9 Å². The highest BCUT2D eigenvalue weighted by Gasteiger charge is 2.34. The standard InChI is InChI=1S/C23H23N3O5/c1-13-10-18-20(22(27)26(13)12-16-4-3-9-30-16)19(17(11-24)21(25)31-18)14-5-7-15(8-6-14)23(28)29-2/h5-8,10,16,19H,3-4,9,12,25H2,1-2H3/t16-,19-/m1/s1. The molecule has 1 saturated heterocycles. The van der Waals surface area contributed by atoms with Crippen LogP contribution >= 0.6 is 0 Å². The first kappa shape index (κ1) is 20.7. The number of ether oxygens (including phenoxy) is 3. The Morgan fingerprint density at radius 2 is 2.10 bits per heavy atom. The molecule has 2 aromatic rings. The summed E-state index contributed by atoms with van der Waals surface area (Å²) in [7, 11) is 1.31. The van der Waals surface area contributed by atoms with E-state index in [-0.39, 0.29) is 23.1 Å². The number of rotatable bonds is 4. The molecule has 160 valence electrons. The maximum atomic E-state index is 13.6. The van der Waals surface area contributed by atoms with E-state index in [0.717, 1.165) is 18.5 Å². The molecule has 0 amide bonds. The van der Waals surface area contributed by atoms with Crippen molar-refractivity contribution in [1.29, 1.82) is 5.26 Å². The second kappa shape index (κ2) is 8.28. The van der Waals surface area contributed by atoms with Gasteiger partial charge in [-0.3, -0.25) is 4.79 Å². The van der Waals surface area contributed by atoms with Gasteiger partial charge in [0.25, 0.3) is 5.56 Å². The molecule has 0 bridgehead atoms. The van der Waals surface area contributed by atoms with E-state index in [4.69, 9.17) is 19.9 Å². The Balaban J connectivity index is 1.84. The minimum atomic E-state index is -0.704. The van der Waals surface area contributed by atoms with Crippen molar-refractivity contribution in [1.82, 2.24) is 4.57 Å². The monoisotopic (exact) mass is 421 g/mol. The summed E-state index contributed by atoms with van der Waals surface area (Å²) in [6, 6.07) is 10.4. The van der Waals surface area contributed by atoms with Crippen LogP contribution in [-0.4, -0.2) is 30.4 Å². The fourth-order valence-electron chi connectivity index (χ4n) is 4.17. The Morgan fingerprint density at radius 1 is 1.35 bits per heavy atom. The molecule has 2 N–H and O–H groups in total. The Bertz CT molecular complexity index is 1150. The second-order valence-electron chi connectivity index (χ2n) is 7.65. The van der Waals surface area contributed by atoms with Crippen LogP contribution in [0.2, 0.25) is 0 Å². The zero-order valence-electron chi connectivity index (χ0n) is 17.4. The molecule has 0 aliphatic carbocycles. The van der Waals surface area contributed by atoms with Crippen LogP contribution in [0.4, 0.5) is 0 Å². The van der Waals surface area contributed by atoms with Crippen LogP contribution in [0.1, 0.15) is 45.9 Å². The molecule has 2 aliphatic heterocycles. The minimum Gasteiger partial charge on any atom is -0.465 e. The molecule has 2 aliphatic rings. The summed E-state index contributed by atoms with van der Waals surface area (Å²) in [6.45, 7) is 2.96. The van der Waals surface area contributed by atoms with Crippen LogP contribution < -0.4 is 16.0 Å². The van der Waals surface area contributed by atoms with E-state index in [0.29, 0.717) is 35.6 Å². The SMILES string of the molecule is COC(=O)c1ccc([C@@H]2C(C#N)=C(N)Oc3cc(C)n(C[C@H]4CCCO4)c(=O)c32)cc1. The number of pyridine rings is 1. The van der Waals surface area contributed by atoms with E-state index in [9.17, 15) is 14.9 Å². The van der Waals surface area contributed by atoms with Crippen molar-refractivity contribution in [2.45, 2.75) is 38.3 Å². The fourth-order valence-corrected chi connectivity index (χ4v) is 4.17. The molecular formula is C23H23N3O5. The number of methoxy groups -OCH3 is 1. The lowest BCUT2D eigenvalue weighted by Gasteiger charge is -2.28. The largest absolute Gasteiger partial charge is 0.465 e. The Kier molecular flexibility index (Phi) is 5.53. The van der Waals surface area contributed by atoms with E-state index < -0.39 is 11.9 Å². The van der Waals surface area contributed by atoms with Crippen LogP contribution in [-0.2, 0) is 16.0 Å². The normalized spacial score (nSPS) is 20.0. The van der Waals surface area contributed by atoms with Crippen LogP contribution in [0.15, 0.2) is 46.6 Å². The third-order valence-corrected chi connectivity index (χ3v) is 5.77. The molecule has 4 rings (SSSR count). The van der Waals surface area contributed by atoms with Crippen molar-refractivity contribution in [3.63, 3.8) is 0 Å². The average molecular weight is 421 g/mol. The molecule has 8 nitrogen and oxygen atoms in total.